The van der Waals surface area contributed by atoms with E-state index in [9.17, 15) is 4.79 Å². The smallest absolute Gasteiger partial charge is 0.254 e. The van der Waals surface area contributed by atoms with Crippen molar-refractivity contribution in [3.8, 4) is 0 Å². The summed E-state index contributed by atoms with van der Waals surface area (Å²) in [4.78, 5) is 14.0. The van der Waals surface area contributed by atoms with Crippen LogP contribution in [0.2, 0.25) is 10.0 Å². The second kappa shape index (κ2) is 5.89. The van der Waals surface area contributed by atoms with Crippen LogP contribution in [-0.4, -0.2) is 43.2 Å². The first-order valence-electron chi connectivity index (χ1n) is 5.68. The van der Waals surface area contributed by atoms with Crippen molar-refractivity contribution in [1.82, 2.24) is 4.90 Å². The summed E-state index contributed by atoms with van der Waals surface area (Å²) in [6.07, 6.45) is -0.0922. The highest BCUT2D eigenvalue weighted by atomic mass is 35.5. The van der Waals surface area contributed by atoms with E-state index in [0.29, 0.717) is 41.8 Å². The molecule has 18 heavy (non-hydrogen) atoms. The third-order valence-corrected chi connectivity index (χ3v) is 3.59. The molecule has 1 amide bonds. The van der Waals surface area contributed by atoms with Gasteiger partial charge >= 0.3 is 0 Å². The number of hydrogen-bond donors (Lipinski definition) is 1. The van der Waals surface area contributed by atoms with Gasteiger partial charge in [0.1, 0.15) is 0 Å². The zero-order chi connectivity index (χ0) is 13.1. The highest BCUT2D eigenvalue weighted by Gasteiger charge is 2.24. The topological polar surface area (TPSA) is 55.6 Å². The lowest BCUT2D eigenvalue weighted by molar-refractivity contribution is -0.0167. The van der Waals surface area contributed by atoms with E-state index in [1.807, 2.05) is 0 Å². The highest BCUT2D eigenvalue weighted by Crippen LogP contribution is 2.23. The molecule has 1 fully saturated rings. The molecule has 0 saturated carbocycles. The Morgan fingerprint density at radius 2 is 2.22 bits per heavy atom. The van der Waals surface area contributed by atoms with E-state index in [1.165, 1.54) is 0 Å². The Hall–Kier alpha value is -0.810. The monoisotopic (exact) mass is 288 g/mol. The molecule has 0 aromatic heterocycles. The normalized spacial score (nSPS) is 19.9. The Balaban J connectivity index is 2.12. The minimum absolute atomic E-state index is 0.0738. The molecule has 6 heteroatoms. The SMILES string of the molecule is NCC1CN(C(=O)c2ccc(Cl)c(Cl)c2)CCO1. The lowest BCUT2D eigenvalue weighted by Crippen LogP contribution is -2.48. The minimum Gasteiger partial charge on any atom is -0.373 e. The molecule has 1 aromatic rings. The summed E-state index contributed by atoms with van der Waals surface area (Å²) in [5.41, 5.74) is 6.08. The molecule has 0 radical (unpaired) electrons. The first-order chi connectivity index (χ1) is 8.61. The van der Waals surface area contributed by atoms with E-state index >= 15 is 0 Å². The number of carbonyl (C=O) groups is 1. The van der Waals surface area contributed by atoms with Gasteiger partial charge in [0.15, 0.2) is 0 Å². The molecule has 0 spiro atoms. The minimum atomic E-state index is -0.0922. The van der Waals surface area contributed by atoms with Crippen LogP contribution in [0.5, 0.6) is 0 Å². The van der Waals surface area contributed by atoms with Gasteiger partial charge in [-0.15, -0.1) is 0 Å². The van der Waals surface area contributed by atoms with Gasteiger partial charge in [-0.2, -0.15) is 0 Å². The lowest BCUT2D eigenvalue weighted by atomic mass is 10.1. The Bertz CT molecular complexity index is 454. The van der Waals surface area contributed by atoms with Gasteiger partial charge in [0.2, 0.25) is 0 Å². The van der Waals surface area contributed by atoms with Crippen molar-refractivity contribution in [2.45, 2.75) is 6.10 Å². The van der Waals surface area contributed by atoms with E-state index in [2.05, 4.69) is 0 Å². The van der Waals surface area contributed by atoms with Crippen molar-refractivity contribution < 1.29 is 9.53 Å². The first kappa shape index (κ1) is 13.6. The third-order valence-electron chi connectivity index (χ3n) is 2.86. The van der Waals surface area contributed by atoms with Crippen LogP contribution in [0.25, 0.3) is 0 Å². The van der Waals surface area contributed by atoms with Crippen LogP contribution >= 0.6 is 23.2 Å². The fourth-order valence-corrected chi connectivity index (χ4v) is 2.16. The molecule has 1 saturated heterocycles. The third kappa shape index (κ3) is 2.95. The fraction of sp³-hybridized carbons (Fsp3) is 0.417. The Kier molecular flexibility index (Phi) is 4.45. The van der Waals surface area contributed by atoms with Crippen molar-refractivity contribution in [2.24, 2.45) is 5.73 Å². The molecule has 1 unspecified atom stereocenters. The number of morpholine rings is 1. The summed E-state index contributed by atoms with van der Waals surface area (Å²) in [5, 5.41) is 0.821. The van der Waals surface area contributed by atoms with Crippen LogP contribution in [0, 0.1) is 0 Å². The summed E-state index contributed by atoms with van der Waals surface area (Å²) in [6, 6.07) is 4.88. The van der Waals surface area contributed by atoms with Crippen LogP contribution in [0.4, 0.5) is 0 Å². The molecule has 1 heterocycles. The summed E-state index contributed by atoms with van der Waals surface area (Å²) in [6.45, 7) is 1.99. The van der Waals surface area contributed by atoms with Gasteiger partial charge in [-0.3, -0.25) is 4.79 Å². The number of hydrogen-bond acceptors (Lipinski definition) is 3. The Morgan fingerprint density at radius 1 is 1.44 bits per heavy atom. The molecule has 4 nitrogen and oxygen atoms in total. The van der Waals surface area contributed by atoms with Gasteiger partial charge in [-0.25, -0.2) is 0 Å². The van der Waals surface area contributed by atoms with Crippen molar-refractivity contribution in [3.05, 3.63) is 33.8 Å². The lowest BCUT2D eigenvalue weighted by Gasteiger charge is -2.32. The fourth-order valence-electron chi connectivity index (χ4n) is 1.86. The van der Waals surface area contributed by atoms with Gasteiger partial charge in [0.05, 0.1) is 22.8 Å². The second-order valence-corrected chi connectivity index (χ2v) is 4.92. The molecule has 2 N–H and O–H groups in total. The molecular weight excluding hydrogens is 275 g/mol. The van der Waals surface area contributed by atoms with Crippen LogP contribution in [0.15, 0.2) is 18.2 Å². The molecule has 1 aromatic carbocycles. The molecule has 1 aliphatic heterocycles. The summed E-state index contributed by atoms with van der Waals surface area (Å²) in [5.74, 6) is -0.0738. The van der Waals surface area contributed by atoms with Crippen LogP contribution in [-0.2, 0) is 4.74 Å². The van der Waals surface area contributed by atoms with Gasteiger partial charge in [0, 0.05) is 25.2 Å². The average Bonchev–Trinajstić information content (AvgIpc) is 2.41. The van der Waals surface area contributed by atoms with Crippen molar-refractivity contribution in [2.75, 3.05) is 26.2 Å². The van der Waals surface area contributed by atoms with Gasteiger partial charge < -0.3 is 15.4 Å². The largest absolute Gasteiger partial charge is 0.373 e. The first-order valence-corrected chi connectivity index (χ1v) is 6.43. The number of ether oxygens (including phenoxy) is 1. The zero-order valence-electron chi connectivity index (χ0n) is 9.73. The van der Waals surface area contributed by atoms with Gasteiger partial charge in [-0.1, -0.05) is 23.2 Å². The molecule has 2 rings (SSSR count). The highest BCUT2D eigenvalue weighted by molar-refractivity contribution is 6.42. The predicted octanol–water partition coefficient (Wildman–Crippen LogP) is 1.79. The molecule has 0 aliphatic carbocycles. The number of nitrogens with two attached hydrogens (primary N) is 1. The maximum Gasteiger partial charge on any atom is 0.254 e. The summed E-state index contributed by atoms with van der Waals surface area (Å²) >= 11 is 11.7. The number of carbonyl (C=O) groups excluding carboxylic acids is 1. The van der Waals surface area contributed by atoms with Crippen LogP contribution < -0.4 is 5.73 Å². The summed E-state index contributed by atoms with van der Waals surface area (Å²) in [7, 11) is 0. The maximum absolute atomic E-state index is 12.3. The van der Waals surface area contributed by atoms with Gasteiger partial charge in [0.25, 0.3) is 5.91 Å². The number of benzene rings is 1. The standard InChI is InChI=1S/C12H14Cl2N2O2/c13-10-2-1-8(5-11(10)14)12(17)16-3-4-18-9(6-15)7-16/h1-2,5,9H,3-4,6-7,15H2. The number of halogens is 2. The van der Waals surface area contributed by atoms with E-state index < -0.39 is 0 Å². The van der Waals surface area contributed by atoms with Crippen molar-refractivity contribution in [3.63, 3.8) is 0 Å². The molecule has 98 valence electrons. The quantitative estimate of drug-likeness (QED) is 0.903. The van der Waals surface area contributed by atoms with E-state index in [4.69, 9.17) is 33.7 Å². The van der Waals surface area contributed by atoms with E-state index in [0.717, 1.165) is 0 Å². The number of rotatable bonds is 2. The average molecular weight is 289 g/mol. The second-order valence-electron chi connectivity index (χ2n) is 4.11. The Morgan fingerprint density at radius 3 is 2.89 bits per heavy atom. The van der Waals surface area contributed by atoms with E-state index in [1.54, 1.807) is 23.1 Å². The zero-order valence-corrected chi connectivity index (χ0v) is 11.2. The molecule has 1 atom stereocenters. The predicted molar refractivity (Wildman–Crippen MR) is 71.2 cm³/mol. The molecule has 1 aliphatic rings. The van der Waals surface area contributed by atoms with Crippen LogP contribution in [0.1, 0.15) is 10.4 Å². The van der Waals surface area contributed by atoms with E-state index in [-0.39, 0.29) is 12.0 Å². The number of nitrogens with zero attached hydrogens (tertiary/aromatic N) is 1. The van der Waals surface area contributed by atoms with Gasteiger partial charge in [-0.05, 0) is 18.2 Å². The maximum atomic E-state index is 12.3. The number of amides is 1. The van der Waals surface area contributed by atoms with Crippen molar-refractivity contribution in [1.29, 1.82) is 0 Å². The Labute approximate surface area is 116 Å². The molecular formula is C12H14Cl2N2O2. The van der Waals surface area contributed by atoms with Crippen molar-refractivity contribution >= 4 is 29.1 Å². The molecule has 0 bridgehead atoms. The van der Waals surface area contributed by atoms with Crippen LogP contribution in [0.3, 0.4) is 0 Å². The summed E-state index contributed by atoms with van der Waals surface area (Å²) < 4.78 is 5.42.